The Hall–Kier alpha value is -5.55. The van der Waals surface area contributed by atoms with E-state index in [1.54, 1.807) is 56.0 Å². The molecule has 0 saturated carbocycles. The fourth-order valence-electron chi connectivity index (χ4n) is 5.31. The van der Waals surface area contributed by atoms with Gasteiger partial charge >= 0.3 is 11.9 Å². The van der Waals surface area contributed by atoms with Crippen molar-refractivity contribution in [2.24, 2.45) is 4.99 Å². The van der Waals surface area contributed by atoms with Crippen molar-refractivity contribution in [1.82, 2.24) is 14.3 Å². The van der Waals surface area contributed by atoms with Gasteiger partial charge in [-0.15, -0.1) is 0 Å². The van der Waals surface area contributed by atoms with Gasteiger partial charge in [0.05, 0.1) is 41.2 Å². The molecule has 11 heteroatoms. The van der Waals surface area contributed by atoms with Crippen molar-refractivity contribution in [3.05, 3.63) is 127 Å². The number of thiazole rings is 1. The van der Waals surface area contributed by atoms with Crippen LogP contribution in [0.3, 0.4) is 0 Å². The highest BCUT2D eigenvalue weighted by Gasteiger charge is 2.33. The Morgan fingerprint density at radius 2 is 1.67 bits per heavy atom. The number of hydrogen-bond donors (Lipinski definition) is 0. The SMILES string of the molecule is CCOC(=O)C1=C(C)N=c2s/c(=C/c3cn(-c4ccccc4)nc3-c3ccc(OC)cc3)c(=O)n2C1c1ccc(OC(C)=O)cc1. The summed E-state index contributed by atoms with van der Waals surface area (Å²) in [5, 5.41) is 4.88. The van der Waals surface area contributed by atoms with Gasteiger partial charge in [-0.05, 0) is 74.0 Å². The maximum absolute atomic E-state index is 14.2. The molecule has 1 aliphatic heterocycles. The predicted octanol–water partition coefficient (Wildman–Crippen LogP) is 4.58. The first-order valence-electron chi connectivity index (χ1n) is 14.5. The second-order valence-corrected chi connectivity index (χ2v) is 11.4. The van der Waals surface area contributed by atoms with Crippen LogP contribution in [0.25, 0.3) is 23.0 Å². The van der Waals surface area contributed by atoms with Crippen LogP contribution in [0.1, 0.15) is 37.9 Å². The molecule has 0 bridgehead atoms. The van der Waals surface area contributed by atoms with Gasteiger partial charge in [0.2, 0.25) is 0 Å². The summed E-state index contributed by atoms with van der Waals surface area (Å²) in [6, 6.07) is 23.2. The molecule has 10 nitrogen and oxygen atoms in total. The van der Waals surface area contributed by atoms with Crippen molar-refractivity contribution in [3.8, 4) is 28.4 Å². The van der Waals surface area contributed by atoms with Crippen LogP contribution in [0, 0.1) is 0 Å². The smallest absolute Gasteiger partial charge is 0.338 e. The highest BCUT2D eigenvalue weighted by Crippen LogP contribution is 2.32. The molecule has 46 heavy (non-hydrogen) atoms. The molecule has 3 aromatic carbocycles. The number of carbonyl (C=O) groups is 2. The zero-order valence-electron chi connectivity index (χ0n) is 25.6. The Kier molecular flexibility index (Phi) is 8.49. The normalized spacial score (nSPS) is 14.4. The van der Waals surface area contributed by atoms with Crippen LogP contribution in [-0.4, -0.2) is 40.0 Å². The van der Waals surface area contributed by atoms with Crippen molar-refractivity contribution in [3.63, 3.8) is 0 Å². The Morgan fingerprint density at radius 3 is 2.33 bits per heavy atom. The van der Waals surface area contributed by atoms with E-state index in [-0.39, 0.29) is 17.7 Å². The predicted molar refractivity (Wildman–Crippen MR) is 174 cm³/mol. The lowest BCUT2D eigenvalue weighted by Crippen LogP contribution is -2.39. The van der Waals surface area contributed by atoms with E-state index in [0.717, 1.165) is 22.6 Å². The van der Waals surface area contributed by atoms with Crippen LogP contribution in [0.2, 0.25) is 0 Å². The molecular formula is C35H30N4O6S. The van der Waals surface area contributed by atoms with E-state index in [1.807, 2.05) is 60.8 Å². The summed E-state index contributed by atoms with van der Waals surface area (Å²) in [5.74, 6) is 0.0598. The van der Waals surface area contributed by atoms with Crippen LogP contribution < -0.4 is 24.4 Å². The topological polar surface area (TPSA) is 114 Å². The van der Waals surface area contributed by atoms with Gasteiger partial charge in [-0.2, -0.15) is 5.10 Å². The number of methoxy groups -OCH3 is 1. The molecule has 0 amide bonds. The second kappa shape index (κ2) is 12.8. The highest BCUT2D eigenvalue weighted by atomic mass is 32.1. The standard InChI is InChI=1S/C35H30N4O6S/c1-5-44-34(42)30-21(2)36-35-39(32(30)24-13-17-28(18-14-24)45-22(3)40)33(41)29(46-35)19-25-20-38(26-9-7-6-8-10-26)37-31(25)23-11-15-27(43-4)16-12-23/h6-20,32H,5H2,1-4H3/b29-19+. The number of fused-ring (bicyclic) bond motifs is 1. The Labute approximate surface area is 268 Å². The molecule has 1 atom stereocenters. The van der Waals surface area contributed by atoms with Crippen molar-refractivity contribution in [1.29, 1.82) is 0 Å². The van der Waals surface area contributed by atoms with Gasteiger partial charge in [-0.25, -0.2) is 14.5 Å². The molecule has 5 aromatic rings. The number of hydrogen-bond acceptors (Lipinski definition) is 9. The van der Waals surface area contributed by atoms with E-state index < -0.39 is 18.0 Å². The van der Waals surface area contributed by atoms with Crippen molar-refractivity contribution >= 4 is 29.4 Å². The third-order valence-electron chi connectivity index (χ3n) is 7.39. The molecule has 0 N–H and O–H groups in total. The Balaban J connectivity index is 1.53. The van der Waals surface area contributed by atoms with Gasteiger partial charge in [0, 0.05) is 24.2 Å². The van der Waals surface area contributed by atoms with Crippen molar-refractivity contribution < 1.29 is 23.8 Å². The number of ether oxygens (including phenoxy) is 3. The molecule has 6 rings (SSSR count). The molecule has 0 spiro atoms. The monoisotopic (exact) mass is 634 g/mol. The van der Waals surface area contributed by atoms with Gasteiger partial charge in [-0.3, -0.25) is 14.2 Å². The van der Waals surface area contributed by atoms with E-state index in [9.17, 15) is 14.4 Å². The van der Waals surface area contributed by atoms with E-state index in [0.29, 0.717) is 32.0 Å². The molecule has 0 fully saturated rings. The number of carbonyl (C=O) groups excluding carboxylic acids is 2. The quantitative estimate of drug-likeness (QED) is 0.181. The lowest BCUT2D eigenvalue weighted by molar-refractivity contribution is -0.139. The first kappa shape index (κ1) is 30.5. The molecular weight excluding hydrogens is 604 g/mol. The highest BCUT2D eigenvalue weighted by molar-refractivity contribution is 7.07. The first-order chi connectivity index (χ1) is 22.3. The molecule has 232 valence electrons. The number of allylic oxidation sites excluding steroid dienone is 1. The molecule has 0 aliphatic carbocycles. The number of esters is 2. The average Bonchev–Trinajstić information content (AvgIpc) is 3.61. The Bertz CT molecular complexity index is 2140. The Morgan fingerprint density at radius 1 is 0.978 bits per heavy atom. The number of benzene rings is 3. The lowest BCUT2D eigenvalue weighted by atomic mass is 9.96. The number of aromatic nitrogens is 3. The largest absolute Gasteiger partial charge is 0.497 e. The van der Waals surface area contributed by atoms with Crippen LogP contribution in [0.4, 0.5) is 0 Å². The zero-order chi connectivity index (χ0) is 32.4. The number of rotatable bonds is 8. The van der Waals surface area contributed by atoms with Gasteiger partial charge in [0.1, 0.15) is 17.2 Å². The van der Waals surface area contributed by atoms with E-state index in [2.05, 4.69) is 4.99 Å². The summed E-state index contributed by atoms with van der Waals surface area (Å²) >= 11 is 1.23. The third-order valence-corrected chi connectivity index (χ3v) is 8.37. The fourth-order valence-corrected chi connectivity index (χ4v) is 6.35. The van der Waals surface area contributed by atoms with Gasteiger partial charge in [-0.1, -0.05) is 41.7 Å². The maximum Gasteiger partial charge on any atom is 0.338 e. The van der Waals surface area contributed by atoms with Crippen LogP contribution in [-0.2, 0) is 14.3 Å². The van der Waals surface area contributed by atoms with E-state index >= 15 is 0 Å². The summed E-state index contributed by atoms with van der Waals surface area (Å²) in [4.78, 5) is 44.1. The molecule has 0 radical (unpaired) electrons. The van der Waals surface area contributed by atoms with E-state index in [1.165, 1.54) is 22.8 Å². The summed E-state index contributed by atoms with van der Waals surface area (Å²) in [6.45, 7) is 4.94. The minimum atomic E-state index is -0.808. The molecule has 3 heterocycles. The molecule has 0 saturated heterocycles. The fraction of sp³-hybridized carbons (Fsp3) is 0.171. The summed E-state index contributed by atoms with van der Waals surface area (Å²) in [6.07, 6.45) is 3.69. The molecule has 1 aliphatic rings. The minimum absolute atomic E-state index is 0.164. The van der Waals surface area contributed by atoms with Gasteiger partial charge < -0.3 is 14.2 Å². The molecule has 2 aromatic heterocycles. The number of nitrogens with zero attached hydrogens (tertiary/aromatic N) is 4. The van der Waals surface area contributed by atoms with Crippen molar-refractivity contribution in [2.75, 3.05) is 13.7 Å². The van der Waals surface area contributed by atoms with Crippen molar-refractivity contribution in [2.45, 2.75) is 26.8 Å². The van der Waals surface area contributed by atoms with E-state index in [4.69, 9.17) is 19.3 Å². The minimum Gasteiger partial charge on any atom is -0.497 e. The summed E-state index contributed by atoms with van der Waals surface area (Å²) in [7, 11) is 1.61. The van der Waals surface area contributed by atoms with Crippen LogP contribution >= 0.6 is 11.3 Å². The zero-order valence-corrected chi connectivity index (χ0v) is 26.4. The second-order valence-electron chi connectivity index (χ2n) is 10.4. The summed E-state index contributed by atoms with van der Waals surface area (Å²) < 4.78 is 19.7. The first-order valence-corrected chi connectivity index (χ1v) is 15.4. The maximum atomic E-state index is 14.2. The van der Waals surface area contributed by atoms with Gasteiger partial charge in [0.25, 0.3) is 5.56 Å². The lowest BCUT2D eigenvalue weighted by Gasteiger charge is -2.24. The van der Waals surface area contributed by atoms with Crippen LogP contribution in [0.15, 0.2) is 106 Å². The number of para-hydroxylation sites is 1. The molecule has 1 unspecified atom stereocenters. The average molecular weight is 635 g/mol. The summed E-state index contributed by atoms with van der Waals surface area (Å²) in [5.41, 5.74) is 4.15. The van der Waals surface area contributed by atoms with Crippen LogP contribution in [0.5, 0.6) is 11.5 Å². The third kappa shape index (κ3) is 5.92. The van der Waals surface area contributed by atoms with Gasteiger partial charge in [0.15, 0.2) is 4.80 Å².